The van der Waals surface area contributed by atoms with Gasteiger partial charge in [-0.15, -0.1) is 0 Å². The highest BCUT2D eigenvalue weighted by Gasteiger charge is 2.33. The van der Waals surface area contributed by atoms with E-state index >= 15 is 0 Å². The Morgan fingerprint density at radius 2 is 1.74 bits per heavy atom. The molecule has 35 heavy (non-hydrogen) atoms. The molecule has 3 aliphatic rings. The summed E-state index contributed by atoms with van der Waals surface area (Å²) in [7, 11) is 0. The molecule has 1 aliphatic carbocycles. The van der Waals surface area contributed by atoms with Crippen molar-refractivity contribution in [1.82, 2.24) is 15.1 Å². The summed E-state index contributed by atoms with van der Waals surface area (Å²) in [5.74, 6) is 1.18. The van der Waals surface area contributed by atoms with E-state index in [4.69, 9.17) is 9.73 Å². The lowest BCUT2D eigenvalue weighted by molar-refractivity contribution is -0.137. The van der Waals surface area contributed by atoms with Gasteiger partial charge in [0.1, 0.15) is 17.3 Å². The second-order valence-corrected chi connectivity index (χ2v) is 9.33. The molecule has 0 spiro atoms. The first-order valence-corrected chi connectivity index (χ1v) is 12.3. The molecule has 0 atom stereocenters. The van der Waals surface area contributed by atoms with Crippen LogP contribution in [0.15, 0.2) is 47.5 Å². The lowest BCUT2D eigenvalue weighted by Crippen LogP contribution is -2.47. The standard InChI is InChI=1S/C26H29F3N4O2/c27-26(28,29)18-11-12-21-23(17-18)35-22-10-5-4-9-20(22)24(31-21)32-13-6-14-33(16-15-32)25(34)30-19-7-2-1-3-8-19/h4-5,9-12,17,19H,1-3,6-8,13-16H2,(H,30,34). The fraction of sp³-hybridized carbons (Fsp3) is 0.462. The number of rotatable bonds is 1. The van der Waals surface area contributed by atoms with Crippen LogP contribution in [0.3, 0.4) is 0 Å². The van der Waals surface area contributed by atoms with E-state index in [0.717, 1.165) is 49.8 Å². The van der Waals surface area contributed by atoms with Crippen LogP contribution in [0.4, 0.5) is 23.7 Å². The van der Waals surface area contributed by atoms with Crippen molar-refractivity contribution in [2.75, 3.05) is 26.2 Å². The third kappa shape index (κ3) is 5.23. The van der Waals surface area contributed by atoms with Crippen LogP contribution in [-0.4, -0.2) is 53.9 Å². The highest BCUT2D eigenvalue weighted by atomic mass is 19.4. The molecule has 9 heteroatoms. The number of alkyl halides is 3. The minimum absolute atomic E-state index is 0.0182. The van der Waals surface area contributed by atoms with Gasteiger partial charge in [-0.25, -0.2) is 9.79 Å². The van der Waals surface area contributed by atoms with E-state index in [0.29, 0.717) is 43.5 Å². The third-order valence-electron chi connectivity index (χ3n) is 6.88. The van der Waals surface area contributed by atoms with E-state index in [1.165, 1.54) is 12.5 Å². The lowest BCUT2D eigenvalue weighted by Gasteiger charge is -2.28. The van der Waals surface area contributed by atoms with Crippen molar-refractivity contribution in [2.45, 2.75) is 50.7 Å². The van der Waals surface area contributed by atoms with Gasteiger partial charge in [-0.3, -0.25) is 0 Å². The van der Waals surface area contributed by atoms with E-state index in [-0.39, 0.29) is 17.8 Å². The molecule has 1 N–H and O–H groups in total. The second-order valence-electron chi connectivity index (χ2n) is 9.33. The van der Waals surface area contributed by atoms with Crippen LogP contribution in [0.25, 0.3) is 0 Å². The Balaban J connectivity index is 1.38. The predicted octanol–water partition coefficient (Wildman–Crippen LogP) is 5.94. The molecule has 2 fully saturated rings. The average molecular weight is 487 g/mol. The minimum atomic E-state index is -4.47. The molecular formula is C26H29F3N4O2. The Hall–Kier alpha value is -3.23. The zero-order valence-corrected chi connectivity index (χ0v) is 19.5. The van der Waals surface area contributed by atoms with Gasteiger partial charge in [-0.1, -0.05) is 31.4 Å². The van der Waals surface area contributed by atoms with Crippen LogP contribution < -0.4 is 10.1 Å². The first kappa shape index (κ1) is 23.5. The van der Waals surface area contributed by atoms with Gasteiger partial charge < -0.3 is 19.9 Å². The Morgan fingerprint density at radius 1 is 0.943 bits per heavy atom. The summed E-state index contributed by atoms with van der Waals surface area (Å²) in [5, 5.41) is 3.19. The molecule has 5 rings (SSSR count). The average Bonchev–Trinajstić information content (AvgIpc) is 3.18. The normalized spacial score (nSPS) is 19.0. The van der Waals surface area contributed by atoms with Crippen LogP contribution in [0.1, 0.15) is 49.7 Å². The summed E-state index contributed by atoms with van der Waals surface area (Å²) in [5.41, 5.74) is 0.291. The van der Waals surface area contributed by atoms with Gasteiger partial charge in [-0.2, -0.15) is 13.2 Å². The zero-order valence-electron chi connectivity index (χ0n) is 19.5. The Labute approximate surface area is 202 Å². The summed E-state index contributed by atoms with van der Waals surface area (Å²) in [6.45, 7) is 2.43. The van der Waals surface area contributed by atoms with E-state index in [2.05, 4.69) is 10.2 Å². The number of amidine groups is 1. The number of para-hydroxylation sites is 1. The van der Waals surface area contributed by atoms with E-state index in [9.17, 15) is 18.0 Å². The van der Waals surface area contributed by atoms with Gasteiger partial charge in [-0.05, 0) is 49.6 Å². The number of urea groups is 1. The Bertz CT molecular complexity index is 1110. The molecule has 2 amide bonds. The largest absolute Gasteiger partial charge is 0.454 e. The molecule has 2 aromatic rings. The molecule has 0 aromatic heterocycles. The first-order valence-electron chi connectivity index (χ1n) is 12.3. The molecule has 2 aliphatic heterocycles. The lowest BCUT2D eigenvalue weighted by atomic mass is 9.96. The van der Waals surface area contributed by atoms with Crippen LogP contribution in [-0.2, 0) is 6.18 Å². The molecule has 1 saturated carbocycles. The van der Waals surface area contributed by atoms with Crippen molar-refractivity contribution in [1.29, 1.82) is 0 Å². The number of aliphatic imine (C=N–C) groups is 1. The quantitative estimate of drug-likeness (QED) is 0.543. The summed E-state index contributed by atoms with van der Waals surface area (Å²) in [6, 6.07) is 10.9. The van der Waals surface area contributed by atoms with Crippen molar-refractivity contribution >= 4 is 17.6 Å². The summed E-state index contributed by atoms with van der Waals surface area (Å²) in [4.78, 5) is 21.6. The number of nitrogens with one attached hydrogen (secondary N) is 1. The molecule has 186 valence electrons. The van der Waals surface area contributed by atoms with Crippen molar-refractivity contribution in [3.05, 3.63) is 53.6 Å². The molecule has 2 heterocycles. The highest BCUT2D eigenvalue weighted by Crippen LogP contribution is 2.41. The Morgan fingerprint density at radius 3 is 2.54 bits per heavy atom. The highest BCUT2D eigenvalue weighted by molar-refractivity contribution is 6.03. The summed E-state index contributed by atoms with van der Waals surface area (Å²) < 4.78 is 45.8. The maximum Gasteiger partial charge on any atom is 0.416 e. The van der Waals surface area contributed by atoms with Gasteiger partial charge in [0.2, 0.25) is 0 Å². The summed E-state index contributed by atoms with van der Waals surface area (Å²) >= 11 is 0. The summed E-state index contributed by atoms with van der Waals surface area (Å²) in [6.07, 6.45) is 1.92. The number of amides is 2. The number of ether oxygens (including phenoxy) is 1. The smallest absolute Gasteiger partial charge is 0.416 e. The van der Waals surface area contributed by atoms with E-state index < -0.39 is 11.7 Å². The van der Waals surface area contributed by atoms with Crippen LogP contribution >= 0.6 is 0 Å². The van der Waals surface area contributed by atoms with Crippen molar-refractivity contribution < 1.29 is 22.7 Å². The molecule has 2 aromatic carbocycles. The number of hydrogen-bond acceptors (Lipinski definition) is 4. The predicted molar refractivity (Wildman–Crippen MR) is 127 cm³/mol. The fourth-order valence-electron chi connectivity index (χ4n) is 4.98. The number of carbonyl (C=O) groups excluding carboxylic acids is 1. The fourth-order valence-corrected chi connectivity index (χ4v) is 4.98. The second kappa shape index (κ2) is 9.79. The van der Waals surface area contributed by atoms with Gasteiger partial charge in [0.25, 0.3) is 0 Å². The third-order valence-corrected chi connectivity index (χ3v) is 6.88. The van der Waals surface area contributed by atoms with Crippen LogP contribution in [0.5, 0.6) is 11.5 Å². The number of fused-ring (bicyclic) bond motifs is 2. The van der Waals surface area contributed by atoms with Gasteiger partial charge in [0, 0.05) is 32.2 Å². The molecule has 0 bridgehead atoms. The molecule has 0 radical (unpaired) electrons. The van der Waals surface area contributed by atoms with E-state index in [1.807, 2.05) is 17.0 Å². The number of carbonyl (C=O) groups is 1. The minimum Gasteiger partial charge on any atom is -0.454 e. The topological polar surface area (TPSA) is 57.2 Å². The van der Waals surface area contributed by atoms with Crippen LogP contribution in [0.2, 0.25) is 0 Å². The number of benzene rings is 2. The number of nitrogens with zero attached hydrogens (tertiary/aromatic N) is 3. The maximum absolute atomic E-state index is 13.3. The maximum atomic E-state index is 13.3. The van der Waals surface area contributed by atoms with Gasteiger partial charge in [0.05, 0.1) is 11.1 Å². The van der Waals surface area contributed by atoms with Crippen molar-refractivity contribution in [3.63, 3.8) is 0 Å². The zero-order chi connectivity index (χ0) is 24.4. The van der Waals surface area contributed by atoms with Crippen molar-refractivity contribution in [3.8, 4) is 11.5 Å². The molecular weight excluding hydrogens is 457 g/mol. The first-order chi connectivity index (χ1) is 16.9. The SMILES string of the molecule is O=C(NC1CCCCC1)N1CCCN(C2=Nc3ccc(C(F)(F)F)cc3Oc3ccccc32)CC1. The van der Waals surface area contributed by atoms with Crippen LogP contribution in [0, 0.1) is 0 Å². The monoisotopic (exact) mass is 486 g/mol. The number of hydrogen-bond donors (Lipinski definition) is 1. The van der Waals surface area contributed by atoms with Crippen molar-refractivity contribution in [2.24, 2.45) is 4.99 Å². The number of halogens is 3. The molecule has 6 nitrogen and oxygen atoms in total. The van der Waals surface area contributed by atoms with Gasteiger partial charge in [0.15, 0.2) is 5.75 Å². The molecule has 1 saturated heterocycles. The molecule has 0 unspecified atom stereocenters. The Kier molecular flexibility index (Phi) is 6.58. The van der Waals surface area contributed by atoms with E-state index in [1.54, 1.807) is 12.1 Å². The van der Waals surface area contributed by atoms with Gasteiger partial charge >= 0.3 is 12.2 Å².